The number of methoxy groups -OCH3 is 2. The van der Waals surface area contributed by atoms with Crippen molar-refractivity contribution in [2.75, 3.05) is 14.2 Å². The van der Waals surface area contributed by atoms with E-state index in [-0.39, 0.29) is 10.6 Å². The Morgan fingerprint density at radius 3 is 2.38 bits per heavy atom. The molecule has 0 atom stereocenters. The minimum Gasteiger partial charge on any atom is -0.465 e. The lowest BCUT2D eigenvalue weighted by atomic mass is 10.4. The van der Waals surface area contributed by atoms with E-state index in [0.29, 0.717) is 0 Å². The van der Waals surface area contributed by atoms with E-state index in [1.807, 2.05) is 0 Å². The van der Waals surface area contributed by atoms with Gasteiger partial charge in [-0.1, -0.05) is 4.49 Å². The number of esters is 2. The molecule has 6 nitrogen and oxygen atoms in total. The van der Waals surface area contributed by atoms with E-state index >= 15 is 0 Å². The Kier molecular flexibility index (Phi) is 2.91. The molecule has 0 unspecified atom stereocenters. The first-order valence-electron chi connectivity index (χ1n) is 3.19. The fraction of sp³-hybridized carbons (Fsp3) is 0.333. The second-order valence-electron chi connectivity index (χ2n) is 1.93. The van der Waals surface area contributed by atoms with E-state index in [9.17, 15) is 9.59 Å². The van der Waals surface area contributed by atoms with Crippen LogP contribution >= 0.6 is 11.5 Å². The molecule has 0 aliphatic carbocycles. The zero-order valence-corrected chi connectivity index (χ0v) is 7.75. The Balaban J connectivity index is 3.02. The van der Waals surface area contributed by atoms with Crippen LogP contribution in [-0.4, -0.2) is 35.7 Å². The van der Waals surface area contributed by atoms with Crippen LogP contribution in [0.15, 0.2) is 0 Å². The number of ether oxygens (including phenoxy) is 2. The summed E-state index contributed by atoms with van der Waals surface area (Å²) in [7, 11) is 2.41. The molecule has 0 spiro atoms. The van der Waals surface area contributed by atoms with E-state index < -0.39 is 11.9 Å². The van der Waals surface area contributed by atoms with Crippen LogP contribution in [0.5, 0.6) is 0 Å². The Morgan fingerprint density at radius 1 is 1.23 bits per heavy atom. The van der Waals surface area contributed by atoms with Crippen molar-refractivity contribution < 1.29 is 19.1 Å². The fourth-order valence-electron chi connectivity index (χ4n) is 0.648. The number of hydrogen-bond acceptors (Lipinski definition) is 7. The van der Waals surface area contributed by atoms with E-state index in [1.165, 1.54) is 14.2 Å². The van der Waals surface area contributed by atoms with E-state index in [4.69, 9.17) is 0 Å². The standard InChI is InChI=1S/C6H6N2O4S/c1-11-5(9)3-4(6(10)12-2)13-8-7-3/h1-2H3. The summed E-state index contributed by atoms with van der Waals surface area (Å²) in [5, 5.41) is 3.45. The van der Waals surface area contributed by atoms with Crippen molar-refractivity contribution in [1.29, 1.82) is 0 Å². The topological polar surface area (TPSA) is 78.4 Å². The second kappa shape index (κ2) is 3.94. The molecule has 0 radical (unpaired) electrons. The molecule has 13 heavy (non-hydrogen) atoms. The van der Waals surface area contributed by atoms with Crippen LogP contribution in [0, 0.1) is 0 Å². The Bertz CT molecular complexity index is 305. The maximum absolute atomic E-state index is 11.0. The molecule has 0 amide bonds. The SMILES string of the molecule is COC(=O)c1nnsc1C(=O)OC. The van der Waals surface area contributed by atoms with Crippen LogP contribution in [0.4, 0.5) is 0 Å². The zero-order chi connectivity index (χ0) is 9.84. The van der Waals surface area contributed by atoms with E-state index in [2.05, 4.69) is 19.1 Å². The highest BCUT2D eigenvalue weighted by molar-refractivity contribution is 7.08. The summed E-state index contributed by atoms with van der Waals surface area (Å²) in [5.41, 5.74) is -0.112. The molecule has 0 aliphatic heterocycles. The van der Waals surface area contributed by atoms with Gasteiger partial charge in [-0.2, -0.15) is 0 Å². The van der Waals surface area contributed by atoms with Crippen LogP contribution < -0.4 is 0 Å². The van der Waals surface area contributed by atoms with Gasteiger partial charge in [0.15, 0.2) is 10.6 Å². The molecule has 7 heteroatoms. The third-order valence-electron chi connectivity index (χ3n) is 1.24. The summed E-state index contributed by atoms with van der Waals surface area (Å²) >= 11 is 0.789. The van der Waals surface area contributed by atoms with Gasteiger partial charge in [-0.25, -0.2) is 9.59 Å². The molecule has 0 saturated carbocycles. The normalized spacial score (nSPS) is 9.38. The maximum atomic E-state index is 11.0. The first-order valence-corrected chi connectivity index (χ1v) is 3.97. The first-order chi connectivity index (χ1) is 6.20. The zero-order valence-electron chi connectivity index (χ0n) is 6.94. The summed E-state index contributed by atoms with van der Waals surface area (Å²) < 4.78 is 12.3. The van der Waals surface area contributed by atoms with Crippen molar-refractivity contribution >= 4 is 23.5 Å². The van der Waals surface area contributed by atoms with Crippen LogP contribution in [-0.2, 0) is 9.47 Å². The highest BCUT2D eigenvalue weighted by Crippen LogP contribution is 2.12. The van der Waals surface area contributed by atoms with Gasteiger partial charge < -0.3 is 9.47 Å². The first kappa shape index (κ1) is 9.59. The summed E-state index contributed by atoms with van der Waals surface area (Å²) in [6.07, 6.45) is 0. The number of carbonyl (C=O) groups excluding carboxylic acids is 2. The number of hydrogen-bond donors (Lipinski definition) is 0. The Morgan fingerprint density at radius 2 is 1.85 bits per heavy atom. The highest BCUT2D eigenvalue weighted by Gasteiger charge is 2.22. The van der Waals surface area contributed by atoms with Crippen LogP contribution in [0.1, 0.15) is 20.2 Å². The molecule has 0 aromatic carbocycles. The molecule has 1 aromatic rings. The van der Waals surface area contributed by atoms with Crippen LogP contribution in [0.25, 0.3) is 0 Å². The minimum atomic E-state index is -0.700. The number of aromatic nitrogens is 2. The number of carbonyl (C=O) groups is 2. The summed E-state index contributed by atoms with van der Waals surface area (Å²) in [5.74, 6) is -1.34. The molecular weight excluding hydrogens is 196 g/mol. The van der Waals surface area contributed by atoms with Crippen LogP contribution in [0.3, 0.4) is 0 Å². The lowest BCUT2D eigenvalue weighted by Gasteiger charge is -1.96. The lowest BCUT2D eigenvalue weighted by Crippen LogP contribution is -2.09. The van der Waals surface area contributed by atoms with Gasteiger partial charge in [-0.3, -0.25) is 0 Å². The molecule has 1 rings (SSSR count). The third kappa shape index (κ3) is 1.81. The maximum Gasteiger partial charge on any atom is 0.360 e. The van der Waals surface area contributed by atoms with Crippen molar-refractivity contribution in [2.45, 2.75) is 0 Å². The van der Waals surface area contributed by atoms with Gasteiger partial charge in [0.2, 0.25) is 0 Å². The van der Waals surface area contributed by atoms with Gasteiger partial charge in [0.1, 0.15) is 0 Å². The molecule has 0 saturated heterocycles. The molecule has 0 bridgehead atoms. The van der Waals surface area contributed by atoms with E-state index in [1.54, 1.807) is 0 Å². The van der Waals surface area contributed by atoms with Gasteiger partial charge in [-0.15, -0.1) is 5.10 Å². The minimum absolute atomic E-state index is 0.0503. The summed E-state index contributed by atoms with van der Waals surface area (Å²) in [6.45, 7) is 0. The quantitative estimate of drug-likeness (QED) is 0.633. The molecule has 1 aromatic heterocycles. The average molecular weight is 202 g/mol. The monoisotopic (exact) mass is 202 g/mol. The van der Waals surface area contributed by atoms with Crippen molar-refractivity contribution in [1.82, 2.24) is 9.59 Å². The fourth-order valence-corrected chi connectivity index (χ4v) is 1.22. The molecule has 0 aliphatic rings. The smallest absolute Gasteiger partial charge is 0.360 e. The van der Waals surface area contributed by atoms with Gasteiger partial charge in [0.25, 0.3) is 0 Å². The van der Waals surface area contributed by atoms with Gasteiger partial charge >= 0.3 is 11.9 Å². The predicted molar refractivity (Wildman–Crippen MR) is 42.6 cm³/mol. The van der Waals surface area contributed by atoms with Gasteiger partial charge in [-0.05, 0) is 11.5 Å². The average Bonchev–Trinajstić information content (AvgIpc) is 2.63. The lowest BCUT2D eigenvalue weighted by molar-refractivity contribution is 0.0554. The predicted octanol–water partition coefficient (Wildman–Crippen LogP) is 0.111. The molecule has 0 fully saturated rings. The summed E-state index contributed by atoms with van der Waals surface area (Å²) in [6, 6.07) is 0. The number of rotatable bonds is 2. The highest BCUT2D eigenvalue weighted by atomic mass is 32.1. The second-order valence-corrected chi connectivity index (χ2v) is 2.69. The molecule has 70 valence electrons. The van der Waals surface area contributed by atoms with Crippen LogP contribution in [0.2, 0.25) is 0 Å². The number of nitrogens with zero attached hydrogens (tertiary/aromatic N) is 2. The van der Waals surface area contributed by atoms with Gasteiger partial charge in [0, 0.05) is 0 Å². The van der Waals surface area contributed by atoms with Crippen molar-refractivity contribution in [3.8, 4) is 0 Å². The van der Waals surface area contributed by atoms with Crippen molar-refractivity contribution in [3.63, 3.8) is 0 Å². The summed E-state index contributed by atoms with van der Waals surface area (Å²) in [4.78, 5) is 22.1. The van der Waals surface area contributed by atoms with Crippen molar-refractivity contribution in [2.24, 2.45) is 0 Å². The third-order valence-corrected chi connectivity index (χ3v) is 1.94. The molecular formula is C6H6N2O4S. The largest absolute Gasteiger partial charge is 0.465 e. The van der Waals surface area contributed by atoms with Gasteiger partial charge in [0.05, 0.1) is 14.2 Å². The molecule has 1 heterocycles. The molecule has 0 N–H and O–H groups in total. The Labute approximate surface area is 77.6 Å². The Hall–Kier alpha value is -1.50. The van der Waals surface area contributed by atoms with Crippen molar-refractivity contribution in [3.05, 3.63) is 10.6 Å². The van der Waals surface area contributed by atoms with E-state index in [0.717, 1.165) is 11.5 Å².